The van der Waals surface area contributed by atoms with Crippen molar-refractivity contribution in [2.24, 2.45) is 5.92 Å². The Balaban J connectivity index is 1.86. The lowest BCUT2D eigenvalue weighted by atomic mass is 9.74. The molecule has 3 rings (SSSR count). The summed E-state index contributed by atoms with van der Waals surface area (Å²) in [5.74, 6) is 1.65. The minimum atomic E-state index is -0.445. The minimum Gasteiger partial charge on any atom is -0.354 e. The molecule has 1 spiro atoms. The van der Waals surface area contributed by atoms with Crippen LogP contribution in [-0.2, 0) is 4.79 Å². The second kappa shape index (κ2) is 4.78. The molecule has 1 aromatic rings. The van der Waals surface area contributed by atoms with Crippen molar-refractivity contribution in [1.29, 1.82) is 0 Å². The first-order valence-electron chi connectivity index (χ1n) is 6.88. The smallest absolute Gasteiger partial charge is 0.250 e. The first kappa shape index (κ1) is 12.9. The second-order valence-electron chi connectivity index (χ2n) is 5.56. The molecule has 2 aliphatic rings. The summed E-state index contributed by atoms with van der Waals surface area (Å²) in [5, 5.41) is 6.39. The fourth-order valence-corrected chi connectivity index (χ4v) is 3.42. The molecule has 0 bridgehead atoms. The van der Waals surface area contributed by atoms with E-state index in [2.05, 4.69) is 38.5 Å². The van der Waals surface area contributed by atoms with Gasteiger partial charge in [-0.25, -0.2) is 4.98 Å². The molecule has 2 heterocycles. The Morgan fingerprint density at radius 3 is 2.89 bits per heavy atom. The van der Waals surface area contributed by atoms with E-state index in [4.69, 9.17) is 0 Å². The van der Waals surface area contributed by atoms with Gasteiger partial charge in [0.05, 0.1) is 5.69 Å². The van der Waals surface area contributed by atoms with Crippen LogP contribution in [0.4, 0.5) is 11.5 Å². The fraction of sp³-hybridized carbons (Fsp3) is 0.571. The molecule has 1 saturated carbocycles. The van der Waals surface area contributed by atoms with Gasteiger partial charge in [0.25, 0.3) is 0 Å². The van der Waals surface area contributed by atoms with E-state index in [0.717, 1.165) is 47.6 Å². The van der Waals surface area contributed by atoms with E-state index in [1.54, 1.807) is 6.20 Å². The van der Waals surface area contributed by atoms with Crippen LogP contribution in [0, 0.1) is 5.92 Å². The predicted molar refractivity (Wildman–Crippen MR) is 79.2 cm³/mol. The van der Waals surface area contributed by atoms with Crippen molar-refractivity contribution < 1.29 is 4.79 Å². The lowest BCUT2D eigenvalue weighted by Crippen LogP contribution is -2.54. The molecule has 19 heavy (non-hydrogen) atoms. The lowest BCUT2D eigenvalue weighted by molar-refractivity contribution is -0.121. The highest BCUT2D eigenvalue weighted by Crippen LogP contribution is 2.41. The number of nitrogens with zero attached hydrogens (tertiary/aromatic N) is 1. The first-order valence-corrected chi connectivity index (χ1v) is 7.67. The second-order valence-corrected chi connectivity index (χ2v) is 6.48. The maximum Gasteiger partial charge on any atom is 0.250 e. The number of fused-ring (bicyclic) bond motifs is 1. The van der Waals surface area contributed by atoms with E-state index in [-0.39, 0.29) is 5.91 Å². The Morgan fingerprint density at radius 1 is 1.47 bits per heavy atom. The summed E-state index contributed by atoms with van der Waals surface area (Å²) in [5.41, 5.74) is 0.321. The van der Waals surface area contributed by atoms with Crippen LogP contribution in [0.2, 0.25) is 0 Å². The Bertz CT molecular complexity index is 509. The molecular weight excluding hydrogens is 306 g/mol. The molecule has 0 unspecified atom stereocenters. The summed E-state index contributed by atoms with van der Waals surface area (Å²) in [7, 11) is 0. The highest BCUT2D eigenvalue weighted by molar-refractivity contribution is 9.10. The maximum atomic E-state index is 12.4. The summed E-state index contributed by atoms with van der Waals surface area (Å²) in [6, 6.07) is 1.89. The van der Waals surface area contributed by atoms with Crippen LogP contribution >= 0.6 is 15.9 Å². The molecule has 1 aliphatic carbocycles. The number of hydrogen-bond donors (Lipinski definition) is 2. The van der Waals surface area contributed by atoms with Crippen LogP contribution in [0.15, 0.2) is 16.7 Å². The van der Waals surface area contributed by atoms with Gasteiger partial charge < -0.3 is 10.6 Å². The van der Waals surface area contributed by atoms with Gasteiger partial charge >= 0.3 is 0 Å². The Labute approximate surface area is 121 Å². The summed E-state index contributed by atoms with van der Waals surface area (Å²) in [4.78, 5) is 16.8. The molecule has 1 fully saturated rings. The van der Waals surface area contributed by atoms with E-state index in [1.807, 2.05) is 6.07 Å². The number of amides is 1. The lowest BCUT2D eigenvalue weighted by Gasteiger charge is -2.42. The third-order valence-corrected chi connectivity index (χ3v) is 4.86. The van der Waals surface area contributed by atoms with Gasteiger partial charge in [-0.1, -0.05) is 13.3 Å². The molecule has 0 saturated heterocycles. The van der Waals surface area contributed by atoms with Gasteiger partial charge in [-0.2, -0.15) is 0 Å². The molecule has 2 N–H and O–H groups in total. The van der Waals surface area contributed by atoms with Gasteiger partial charge in [-0.3, -0.25) is 4.79 Å². The minimum absolute atomic E-state index is 0.0921. The van der Waals surface area contributed by atoms with Gasteiger partial charge in [0.2, 0.25) is 5.91 Å². The quantitative estimate of drug-likeness (QED) is 0.831. The molecule has 5 heteroatoms. The Hall–Kier alpha value is -1.10. The van der Waals surface area contributed by atoms with E-state index in [0.29, 0.717) is 0 Å². The van der Waals surface area contributed by atoms with Gasteiger partial charge in [0.1, 0.15) is 5.54 Å². The average Bonchev–Trinajstić information content (AvgIpc) is 2.42. The zero-order valence-corrected chi connectivity index (χ0v) is 12.6. The van der Waals surface area contributed by atoms with Crippen molar-refractivity contribution in [2.75, 3.05) is 10.6 Å². The summed E-state index contributed by atoms with van der Waals surface area (Å²) >= 11 is 3.37. The van der Waals surface area contributed by atoms with E-state index < -0.39 is 5.54 Å². The number of carbonyl (C=O) groups is 1. The van der Waals surface area contributed by atoms with Crippen LogP contribution in [0.1, 0.15) is 39.0 Å². The number of halogens is 1. The van der Waals surface area contributed by atoms with E-state index in [1.165, 1.54) is 6.42 Å². The van der Waals surface area contributed by atoms with E-state index >= 15 is 0 Å². The normalized spacial score (nSPS) is 29.6. The molecular formula is C14H18BrN3O. The zero-order chi connectivity index (χ0) is 13.5. The van der Waals surface area contributed by atoms with Gasteiger partial charge in [-0.15, -0.1) is 0 Å². The summed E-state index contributed by atoms with van der Waals surface area (Å²) < 4.78 is 0.874. The number of aromatic nitrogens is 1. The number of pyridine rings is 1. The van der Waals surface area contributed by atoms with Crippen molar-refractivity contribution in [3.63, 3.8) is 0 Å². The number of hydrogen-bond acceptors (Lipinski definition) is 3. The van der Waals surface area contributed by atoms with Crippen molar-refractivity contribution in [3.8, 4) is 0 Å². The monoisotopic (exact) mass is 323 g/mol. The van der Waals surface area contributed by atoms with Crippen molar-refractivity contribution in [2.45, 2.75) is 44.6 Å². The predicted octanol–water partition coefficient (Wildman–Crippen LogP) is 3.55. The van der Waals surface area contributed by atoms with Crippen LogP contribution in [0.5, 0.6) is 0 Å². The Kier molecular flexibility index (Phi) is 3.25. The highest BCUT2D eigenvalue weighted by atomic mass is 79.9. The van der Waals surface area contributed by atoms with E-state index in [9.17, 15) is 4.79 Å². The number of anilines is 2. The summed E-state index contributed by atoms with van der Waals surface area (Å²) in [6.45, 7) is 2.23. The highest BCUT2D eigenvalue weighted by Gasteiger charge is 2.44. The van der Waals surface area contributed by atoms with Crippen molar-refractivity contribution in [3.05, 3.63) is 16.7 Å². The van der Waals surface area contributed by atoms with Gasteiger partial charge in [0.15, 0.2) is 5.82 Å². The molecule has 0 radical (unpaired) electrons. The van der Waals surface area contributed by atoms with Crippen molar-refractivity contribution >= 4 is 33.3 Å². The number of nitrogens with one attached hydrogen (secondary N) is 2. The van der Waals surface area contributed by atoms with Crippen LogP contribution in [0.3, 0.4) is 0 Å². The average molecular weight is 324 g/mol. The third-order valence-electron chi connectivity index (χ3n) is 4.43. The third kappa shape index (κ3) is 2.24. The molecule has 4 nitrogen and oxygen atoms in total. The molecule has 1 aromatic heterocycles. The van der Waals surface area contributed by atoms with Crippen LogP contribution in [-0.4, -0.2) is 16.4 Å². The molecule has 1 amide bonds. The largest absolute Gasteiger partial charge is 0.354 e. The standard InChI is InChI=1S/C14H18BrN3O/c1-2-9-3-5-14(6-4-9)13(19)17-11-7-10(15)8-16-12(11)18-14/h7-9H,2-6H2,1H3,(H,16,18)(H,17,19). The Morgan fingerprint density at radius 2 is 2.21 bits per heavy atom. The van der Waals surface area contributed by atoms with Crippen molar-refractivity contribution in [1.82, 2.24) is 4.98 Å². The fourth-order valence-electron chi connectivity index (χ4n) is 3.09. The van der Waals surface area contributed by atoms with Crippen LogP contribution < -0.4 is 10.6 Å². The molecule has 1 aliphatic heterocycles. The first-order chi connectivity index (χ1) is 9.13. The molecule has 0 aromatic carbocycles. The summed E-state index contributed by atoms with van der Waals surface area (Å²) in [6.07, 6.45) is 6.99. The maximum absolute atomic E-state index is 12.4. The number of carbonyl (C=O) groups excluding carboxylic acids is 1. The topological polar surface area (TPSA) is 54.0 Å². The van der Waals surface area contributed by atoms with Crippen LogP contribution in [0.25, 0.3) is 0 Å². The zero-order valence-electron chi connectivity index (χ0n) is 11.0. The SMILES string of the molecule is CCC1CCC2(CC1)Nc1ncc(Br)cc1NC2=O. The molecule has 102 valence electrons. The van der Waals surface area contributed by atoms with Gasteiger partial charge in [0, 0.05) is 10.7 Å². The number of rotatable bonds is 1. The molecule has 0 atom stereocenters. The van der Waals surface area contributed by atoms with Gasteiger partial charge in [-0.05, 0) is 53.6 Å².